The molecule has 2 aromatic carbocycles. The third-order valence-corrected chi connectivity index (χ3v) is 3.58. The third-order valence-electron chi connectivity index (χ3n) is 3.09. The van der Waals surface area contributed by atoms with E-state index in [2.05, 4.69) is 10.2 Å². The molecule has 1 heterocycles. The Morgan fingerprint density at radius 1 is 0.783 bits per heavy atom. The number of hydrogen-bond donors (Lipinski definition) is 0. The van der Waals surface area contributed by atoms with Crippen molar-refractivity contribution in [1.82, 2.24) is 10.2 Å². The Morgan fingerprint density at radius 2 is 1.39 bits per heavy atom. The average molecular weight is 366 g/mol. The summed E-state index contributed by atoms with van der Waals surface area (Å²) in [4.78, 5) is 0. The van der Waals surface area contributed by atoms with Crippen molar-refractivity contribution in [2.75, 3.05) is 0 Å². The summed E-state index contributed by atoms with van der Waals surface area (Å²) in [6, 6.07) is 17.7. The van der Waals surface area contributed by atoms with Gasteiger partial charge in [0.1, 0.15) is 0 Å². The lowest BCUT2D eigenvalue weighted by molar-refractivity contribution is 0.514. The Balaban J connectivity index is 1.77. The van der Waals surface area contributed by atoms with Crippen molar-refractivity contribution in [2.45, 2.75) is 3.79 Å². The van der Waals surface area contributed by atoms with Crippen molar-refractivity contribution in [1.29, 1.82) is 0 Å². The summed E-state index contributed by atoms with van der Waals surface area (Å²) in [5.41, 5.74) is 2.95. The van der Waals surface area contributed by atoms with E-state index in [1.807, 2.05) is 66.7 Å². The summed E-state index contributed by atoms with van der Waals surface area (Å²) >= 11 is 17.1. The van der Waals surface area contributed by atoms with Gasteiger partial charge in [-0.2, -0.15) is 0 Å². The van der Waals surface area contributed by atoms with E-state index in [-0.39, 0.29) is 5.89 Å². The number of aromatic nitrogens is 2. The molecule has 0 aliphatic rings. The lowest BCUT2D eigenvalue weighted by Gasteiger charge is -2.02. The van der Waals surface area contributed by atoms with Crippen LogP contribution < -0.4 is 0 Å². The summed E-state index contributed by atoms with van der Waals surface area (Å²) in [6.07, 6.45) is 4.07. The summed E-state index contributed by atoms with van der Waals surface area (Å²) in [5, 5.41) is 7.62. The van der Waals surface area contributed by atoms with E-state index in [9.17, 15) is 0 Å². The van der Waals surface area contributed by atoms with Gasteiger partial charge in [-0.05, 0) is 23.3 Å². The number of alkyl halides is 3. The minimum atomic E-state index is -1.72. The Labute approximate surface area is 148 Å². The van der Waals surface area contributed by atoms with Crippen LogP contribution in [0.15, 0.2) is 59.0 Å². The molecule has 0 aliphatic heterocycles. The maximum Gasteiger partial charge on any atom is 0.268 e. The van der Waals surface area contributed by atoms with Gasteiger partial charge < -0.3 is 4.42 Å². The lowest BCUT2D eigenvalue weighted by atomic mass is 10.1. The van der Waals surface area contributed by atoms with Crippen LogP contribution >= 0.6 is 34.8 Å². The monoisotopic (exact) mass is 364 g/mol. The van der Waals surface area contributed by atoms with Crippen molar-refractivity contribution in [3.8, 4) is 11.5 Å². The summed E-state index contributed by atoms with van der Waals surface area (Å²) in [5.74, 6) is 0.260. The Morgan fingerprint density at radius 3 is 1.96 bits per heavy atom. The first kappa shape index (κ1) is 16.1. The van der Waals surface area contributed by atoms with E-state index in [0.717, 1.165) is 16.7 Å². The van der Waals surface area contributed by atoms with Crippen molar-refractivity contribution >= 4 is 47.0 Å². The Kier molecular flexibility index (Phi) is 4.71. The van der Waals surface area contributed by atoms with Crippen LogP contribution in [0.25, 0.3) is 23.6 Å². The highest BCUT2D eigenvalue weighted by Crippen LogP contribution is 2.38. The molecule has 0 aliphatic carbocycles. The van der Waals surface area contributed by atoms with Crippen LogP contribution in [0.3, 0.4) is 0 Å². The molecule has 0 fully saturated rings. The number of benzene rings is 2. The highest BCUT2D eigenvalue weighted by molar-refractivity contribution is 6.66. The highest BCUT2D eigenvalue weighted by atomic mass is 35.6. The third kappa shape index (κ3) is 4.14. The molecule has 0 atom stereocenters. The summed E-state index contributed by atoms with van der Waals surface area (Å²) in [6.45, 7) is 0. The first-order valence-corrected chi connectivity index (χ1v) is 7.90. The zero-order chi connectivity index (χ0) is 16.3. The van der Waals surface area contributed by atoms with Crippen molar-refractivity contribution < 1.29 is 4.42 Å². The van der Waals surface area contributed by atoms with E-state index in [1.54, 1.807) is 0 Å². The second-order valence-electron chi connectivity index (χ2n) is 4.78. The number of halogens is 3. The van der Waals surface area contributed by atoms with Crippen LogP contribution in [0.1, 0.15) is 17.0 Å². The second-order valence-corrected chi connectivity index (χ2v) is 7.06. The summed E-state index contributed by atoms with van der Waals surface area (Å²) < 4.78 is 3.65. The van der Waals surface area contributed by atoms with Crippen LogP contribution in [0.5, 0.6) is 0 Å². The Bertz CT molecular complexity index is 806. The van der Waals surface area contributed by atoms with Crippen LogP contribution in [-0.4, -0.2) is 10.2 Å². The minimum Gasteiger partial charge on any atom is -0.416 e. The zero-order valence-electron chi connectivity index (χ0n) is 11.8. The number of nitrogens with zero attached hydrogens (tertiary/aromatic N) is 2. The Hall–Kier alpha value is -1.81. The molecule has 6 heteroatoms. The smallest absolute Gasteiger partial charge is 0.268 e. The molecule has 3 rings (SSSR count). The molecular formula is C17H11Cl3N2O. The fourth-order valence-corrected chi connectivity index (χ4v) is 2.18. The van der Waals surface area contributed by atoms with E-state index in [4.69, 9.17) is 39.2 Å². The molecule has 0 N–H and O–H groups in total. The fourth-order valence-electron chi connectivity index (χ4n) is 1.95. The van der Waals surface area contributed by atoms with Crippen LogP contribution in [0.2, 0.25) is 0 Å². The summed E-state index contributed by atoms with van der Waals surface area (Å²) in [7, 11) is 0. The van der Waals surface area contributed by atoms with Crippen LogP contribution in [-0.2, 0) is 3.79 Å². The predicted octanol–water partition coefficient (Wildman–Crippen LogP) is 5.73. The van der Waals surface area contributed by atoms with Gasteiger partial charge in [-0.15, -0.1) is 10.2 Å². The number of hydrogen-bond acceptors (Lipinski definition) is 3. The predicted molar refractivity (Wildman–Crippen MR) is 94.3 cm³/mol. The van der Waals surface area contributed by atoms with E-state index in [0.29, 0.717) is 5.89 Å². The van der Waals surface area contributed by atoms with Gasteiger partial charge in [-0.3, -0.25) is 0 Å². The topological polar surface area (TPSA) is 38.9 Å². The quantitative estimate of drug-likeness (QED) is 0.439. The molecule has 3 aromatic rings. The molecule has 0 saturated carbocycles. The molecule has 23 heavy (non-hydrogen) atoms. The molecule has 1 aromatic heterocycles. The number of rotatable bonds is 3. The van der Waals surface area contributed by atoms with Crippen molar-refractivity contribution in [3.63, 3.8) is 0 Å². The van der Waals surface area contributed by atoms with Gasteiger partial charge in [0, 0.05) is 5.56 Å². The largest absolute Gasteiger partial charge is 0.416 e. The SMILES string of the molecule is ClC(Cl)(Cl)c1nnc(-c2ccc(C=Cc3ccccc3)cc2)o1. The molecule has 0 unspecified atom stereocenters. The molecule has 116 valence electrons. The maximum atomic E-state index is 5.71. The molecule has 0 saturated heterocycles. The van der Waals surface area contributed by atoms with Crippen molar-refractivity contribution in [3.05, 3.63) is 71.6 Å². The van der Waals surface area contributed by atoms with E-state index < -0.39 is 3.79 Å². The second kappa shape index (κ2) is 6.75. The molecule has 0 bridgehead atoms. The highest BCUT2D eigenvalue weighted by Gasteiger charge is 2.30. The molecule has 0 amide bonds. The maximum absolute atomic E-state index is 5.71. The van der Waals surface area contributed by atoms with E-state index >= 15 is 0 Å². The standard InChI is InChI=1S/C17H11Cl3N2O/c18-17(19,20)16-22-21-15(23-16)14-10-8-13(9-11-14)7-6-12-4-2-1-3-5-12/h1-11H. The first-order chi connectivity index (χ1) is 11.0. The average Bonchev–Trinajstić information content (AvgIpc) is 3.05. The van der Waals surface area contributed by atoms with Gasteiger partial charge in [0.25, 0.3) is 9.68 Å². The zero-order valence-corrected chi connectivity index (χ0v) is 14.1. The normalized spacial score (nSPS) is 12.0. The van der Waals surface area contributed by atoms with Crippen molar-refractivity contribution in [2.24, 2.45) is 0 Å². The van der Waals surface area contributed by atoms with Gasteiger partial charge in [0.15, 0.2) is 0 Å². The van der Waals surface area contributed by atoms with Gasteiger partial charge in [0.05, 0.1) is 0 Å². The van der Waals surface area contributed by atoms with Gasteiger partial charge >= 0.3 is 0 Å². The molecular weight excluding hydrogens is 355 g/mol. The fraction of sp³-hybridized carbons (Fsp3) is 0.0588. The molecule has 0 radical (unpaired) electrons. The van der Waals surface area contributed by atoms with Gasteiger partial charge in [-0.25, -0.2) is 0 Å². The lowest BCUT2D eigenvalue weighted by Crippen LogP contribution is -1.99. The minimum absolute atomic E-state index is 0.0504. The molecule has 3 nitrogen and oxygen atoms in total. The van der Waals surface area contributed by atoms with Crippen LogP contribution in [0.4, 0.5) is 0 Å². The van der Waals surface area contributed by atoms with Crippen LogP contribution in [0, 0.1) is 0 Å². The van der Waals surface area contributed by atoms with E-state index in [1.165, 1.54) is 0 Å². The van der Waals surface area contributed by atoms with Gasteiger partial charge in [-0.1, -0.05) is 89.4 Å². The van der Waals surface area contributed by atoms with Gasteiger partial charge in [0.2, 0.25) is 5.89 Å². The first-order valence-electron chi connectivity index (χ1n) is 6.77. The molecule has 0 spiro atoms.